The van der Waals surface area contributed by atoms with Crippen molar-refractivity contribution in [3.63, 3.8) is 0 Å². The molecule has 0 amide bonds. The third-order valence-corrected chi connectivity index (χ3v) is 5.63. The molecule has 1 saturated heterocycles. The summed E-state index contributed by atoms with van der Waals surface area (Å²) in [4.78, 5) is 36.3. The lowest BCUT2D eigenvalue weighted by Crippen LogP contribution is -2.36. The average Bonchev–Trinajstić information content (AvgIpc) is 3.50. The second kappa shape index (κ2) is 10.4. The maximum absolute atomic E-state index is 12.2. The van der Waals surface area contributed by atoms with Gasteiger partial charge in [-0.2, -0.15) is 15.1 Å². The number of nitrogens with zero attached hydrogens (tertiary/aromatic N) is 5. The summed E-state index contributed by atoms with van der Waals surface area (Å²) >= 11 is 0. The van der Waals surface area contributed by atoms with E-state index in [9.17, 15) is 19.8 Å². The van der Waals surface area contributed by atoms with Crippen LogP contribution in [0.2, 0.25) is 0 Å². The lowest BCUT2D eigenvalue weighted by atomic mass is 10.0. The number of imidazole rings is 1. The third-order valence-electron chi connectivity index (χ3n) is 5.63. The predicted molar refractivity (Wildman–Crippen MR) is 125 cm³/mol. The van der Waals surface area contributed by atoms with Gasteiger partial charge in [0.05, 0.1) is 26.1 Å². The maximum atomic E-state index is 12.2. The van der Waals surface area contributed by atoms with E-state index in [1.54, 1.807) is 13.0 Å². The number of furan rings is 1. The molecule has 15 heteroatoms. The number of rotatable bonds is 9. The zero-order valence-electron chi connectivity index (χ0n) is 19.5. The third kappa shape index (κ3) is 4.90. The van der Waals surface area contributed by atoms with E-state index in [1.165, 1.54) is 24.2 Å². The molecule has 4 atom stereocenters. The van der Waals surface area contributed by atoms with Gasteiger partial charge >= 0.3 is 5.97 Å². The van der Waals surface area contributed by atoms with E-state index in [0.717, 1.165) is 0 Å². The van der Waals surface area contributed by atoms with Crippen molar-refractivity contribution >= 4 is 40.9 Å². The van der Waals surface area contributed by atoms with Gasteiger partial charge in [0.2, 0.25) is 5.95 Å². The first-order chi connectivity index (χ1) is 17.2. The number of aliphatic hydroxyl groups is 2. The van der Waals surface area contributed by atoms with Crippen molar-refractivity contribution < 1.29 is 33.7 Å². The summed E-state index contributed by atoms with van der Waals surface area (Å²) < 4.78 is 17.2. The van der Waals surface area contributed by atoms with E-state index in [4.69, 9.17) is 20.6 Å². The van der Waals surface area contributed by atoms with Crippen LogP contribution >= 0.6 is 0 Å². The molecule has 0 saturated carbocycles. The van der Waals surface area contributed by atoms with Crippen LogP contribution in [0.15, 0.2) is 21.9 Å². The second-order valence-corrected chi connectivity index (χ2v) is 8.04. The summed E-state index contributed by atoms with van der Waals surface area (Å²) in [7, 11) is 1.31. The molecule has 1 fully saturated rings. The highest BCUT2D eigenvalue weighted by atomic mass is 16.6. The van der Waals surface area contributed by atoms with Crippen LogP contribution in [-0.4, -0.2) is 79.7 Å². The zero-order chi connectivity index (χ0) is 26.0. The van der Waals surface area contributed by atoms with Crippen LogP contribution in [0, 0.1) is 6.92 Å². The molecule has 0 spiro atoms. The number of hydrazone groups is 1. The number of fused-ring (bicyclic) bond motifs is 1. The van der Waals surface area contributed by atoms with Gasteiger partial charge in [0.1, 0.15) is 35.3 Å². The van der Waals surface area contributed by atoms with E-state index in [-0.39, 0.29) is 42.3 Å². The van der Waals surface area contributed by atoms with Gasteiger partial charge in [0.15, 0.2) is 23.5 Å². The normalized spacial score (nSPS) is 21.9. The molecule has 15 nitrogen and oxygen atoms in total. The minimum absolute atomic E-state index is 0.000134. The van der Waals surface area contributed by atoms with Crippen molar-refractivity contribution in [2.24, 2.45) is 10.8 Å². The SMILES string of the molecule is COC(=O)Cc1cc(/C=N/Nc2nc(N)c3ncn([C@@H]4O[C@H](C(=O)CCN)[C@@H](O)[C@H]4O)c3n2)oc1C. The Morgan fingerprint density at radius 1 is 1.33 bits per heavy atom. The summed E-state index contributed by atoms with van der Waals surface area (Å²) in [6, 6.07) is 1.65. The van der Waals surface area contributed by atoms with E-state index < -0.39 is 36.3 Å². The first-order valence-corrected chi connectivity index (χ1v) is 10.9. The smallest absolute Gasteiger partial charge is 0.310 e. The van der Waals surface area contributed by atoms with Gasteiger partial charge < -0.3 is 35.6 Å². The molecule has 36 heavy (non-hydrogen) atoms. The number of ether oxygens (including phenoxy) is 2. The number of anilines is 2. The standard InChI is InChI=1S/C21H26N8O7/c1-9-10(6-13(31)34-2)5-11(35-9)7-25-28-21-26-18(23)14-19(27-21)29(8-24-14)20-16(33)15(32)17(36-20)12(30)3-4-22/h5,7-8,15-17,20,32-33H,3-4,6,22H2,1-2H3,(H3,23,26,27,28)/b25-7+/t15-,16+,17+,20+/m0/s1. The average molecular weight is 502 g/mol. The summed E-state index contributed by atoms with van der Waals surface area (Å²) in [6.07, 6.45) is -2.54. The Kier molecular flexibility index (Phi) is 7.25. The summed E-state index contributed by atoms with van der Waals surface area (Å²) in [5.74, 6) is 0.128. The van der Waals surface area contributed by atoms with Gasteiger partial charge in [-0.15, -0.1) is 0 Å². The Morgan fingerprint density at radius 2 is 2.11 bits per heavy atom. The van der Waals surface area contributed by atoms with Crippen molar-refractivity contribution in [3.05, 3.63) is 29.5 Å². The topological polar surface area (TPSA) is 226 Å². The quantitative estimate of drug-likeness (QED) is 0.135. The number of carbonyl (C=O) groups is 2. The van der Waals surface area contributed by atoms with E-state index in [1.807, 2.05) is 0 Å². The molecule has 0 aromatic carbocycles. The molecule has 4 heterocycles. The molecule has 4 rings (SSSR count). The lowest BCUT2D eigenvalue weighted by Gasteiger charge is -2.16. The number of aryl methyl sites for hydroxylation is 1. The number of aliphatic hydroxyl groups excluding tert-OH is 2. The number of hydrogen-bond donors (Lipinski definition) is 5. The van der Waals surface area contributed by atoms with Crippen molar-refractivity contribution in [2.75, 3.05) is 24.8 Å². The Balaban J connectivity index is 1.54. The van der Waals surface area contributed by atoms with Gasteiger partial charge in [-0.3, -0.25) is 14.2 Å². The van der Waals surface area contributed by atoms with Crippen LogP contribution in [0.3, 0.4) is 0 Å². The zero-order valence-corrected chi connectivity index (χ0v) is 19.5. The number of nitrogen functional groups attached to an aromatic ring is 1. The van der Waals surface area contributed by atoms with Crippen molar-refractivity contribution in [1.29, 1.82) is 0 Å². The van der Waals surface area contributed by atoms with Gasteiger partial charge in [0, 0.05) is 12.0 Å². The first kappa shape index (κ1) is 25.2. The second-order valence-electron chi connectivity index (χ2n) is 8.04. The molecule has 3 aromatic heterocycles. The number of ketones is 1. The van der Waals surface area contributed by atoms with Crippen LogP contribution in [-0.2, 0) is 25.5 Å². The molecule has 0 radical (unpaired) electrons. The summed E-state index contributed by atoms with van der Waals surface area (Å²) in [5, 5.41) is 24.9. The molecule has 0 bridgehead atoms. The highest BCUT2D eigenvalue weighted by Gasteiger charge is 2.47. The Hall–Kier alpha value is -3.92. The van der Waals surface area contributed by atoms with Gasteiger partial charge in [-0.1, -0.05) is 0 Å². The number of aromatic nitrogens is 4. The van der Waals surface area contributed by atoms with Gasteiger partial charge in [-0.25, -0.2) is 10.4 Å². The fraction of sp³-hybridized carbons (Fsp3) is 0.429. The Bertz CT molecular complexity index is 1300. The van der Waals surface area contributed by atoms with Crippen molar-refractivity contribution in [1.82, 2.24) is 19.5 Å². The largest absolute Gasteiger partial charge is 0.469 e. The molecule has 3 aromatic rings. The molecule has 1 aliphatic rings. The Morgan fingerprint density at radius 3 is 2.83 bits per heavy atom. The number of methoxy groups -OCH3 is 1. The van der Waals surface area contributed by atoms with Gasteiger partial charge in [-0.05, 0) is 19.5 Å². The molecule has 7 N–H and O–H groups in total. The molecule has 0 unspecified atom stereocenters. The van der Waals surface area contributed by atoms with Crippen LogP contribution < -0.4 is 16.9 Å². The van der Waals surface area contributed by atoms with E-state index >= 15 is 0 Å². The molecular weight excluding hydrogens is 476 g/mol. The number of nitrogens with two attached hydrogens (primary N) is 2. The highest BCUT2D eigenvalue weighted by molar-refractivity contribution is 5.85. The number of Topliss-reactive ketones (excluding diaryl/α,β-unsaturated/α-hetero) is 1. The van der Waals surface area contributed by atoms with E-state index in [2.05, 4.69) is 30.2 Å². The predicted octanol–water partition coefficient (Wildman–Crippen LogP) is -0.991. The van der Waals surface area contributed by atoms with E-state index in [0.29, 0.717) is 17.1 Å². The van der Waals surface area contributed by atoms with Crippen LogP contribution in [0.5, 0.6) is 0 Å². The van der Waals surface area contributed by atoms with Gasteiger partial charge in [0.25, 0.3) is 0 Å². The molecular formula is C21H26N8O7. The van der Waals surface area contributed by atoms with Crippen molar-refractivity contribution in [2.45, 2.75) is 44.3 Å². The molecule has 192 valence electrons. The fourth-order valence-electron chi connectivity index (χ4n) is 3.78. The van der Waals surface area contributed by atoms with Crippen LogP contribution in [0.25, 0.3) is 11.2 Å². The Labute approximate surface area is 204 Å². The number of hydrogen-bond acceptors (Lipinski definition) is 14. The van der Waals surface area contributed by atoms with Crippen molar-refractivity contribution in [3.8, 4) is 0 Å². The minimum atomic E-state index is -1.45. The molecule has 1 aliphatic heterocycles. The number of esters is 1. The maximum Gasteiger partial charge on any atom is 0.310 e. The monoisotopic (exact) mass is 502 g/mol. The minimum Gasteiger partial charge on any atom is -0.469 e. The van der Waals surface area contributed by atoms with Crippen LogP contribution in [0.4, 0.5) is 11.8 Å². The number of nitrogens with one attached hydrogen (secondary N) is 1. The summed E-state index contributed by atoms with van der Waals surface area (Å²) in [6.45, 7) is 1.80. The highest BCUT2D eigenvalue weighted by Crippen LogP contribution is 2.33. The van der Waals surface area contributed by atoms with Crippen LogP contribution in [0.1, 0.15) is 29.7 Å². The number of carbonyl (C=O) groups excluding carboxylic acids is 2. The first-order valence-electron chi connectivity index (χ1n) is 10.9. The fourth-order valence-corrected chi connectivity index (χ4v) is 3.78. The lowest BCUT2D eigenvalue weighted by molar-refractivity contribution is -0.139. The molecule has 0 aliphatic carbocycles. The summed E-state index contributed by atoms with van der Waals surface area (Å²) in [5.41, 5.74) is 15.1.